The van der Waals surface area contributed by atoms with Crippen LogP contribution in [0.3, 0.4) is 0 Å². The van der Waals surface area contributed by atoms with Crippen LogP contribution >= 0.6 is 0 Å². The Kier molecular flexibility index (Phi) is 4.68. The Morgan fingerprint density at radius 2 is 2.00 bits per heavy atom. The standard InChI is InChI=1S/C15H16N2O3/c1-2-19-15(18)11-5-7-13(8-6-11)20-14-12(10-16)4-3-9-17-14/h3-9H,2,10,16H2,1H3. The van der Waals surface area contributed by atoms with E-state index in [1.807, 2.05) is 6.07 Å². The number of hydrogen-bond donors (Lipinski definition) is 1. The number of esters is 1. The molecule has 0 atom stereocenters. The number of nitrogens with two attached hydrogens (primary N) is 1. The molecular formula is C15H16N2O3. The molecule has 104 valence electrons. The van der Waals surface area contributed by atoms with Gasteiger partial charge in [-0.05, 0) is 37.3 Å². The molecule has 2 rings (SSSR count). The van der Waals surface area contributed by atoms with E-state index in [2.05, 4.69) is 4.98 Å². The van der Waals surface area contributed by atoms with Crippen LogP contribution in [0.5, 0.6) is 11.6 Å². The third-order valence-electron chi connectivity index (χ3n) is 2.65. The molecule has 0 radical (unpaired) electrons. The van der Waals surface area contributed by atoms with Crippen LogP contribution in [0.4, 0.5) is 0 Å². The van der Waals surface area contributed by atoms with Crippen molar-refractivity contribution in [2.24, 2.45) is 5.73 Å². The maximum absolute atomic E-state index is 11.5. The molecule has 0 amide bonds. The zero-order valence-electron chi connectivity index (χ0n) is 11.2. The van der Waals surface area contributed by atoms with Gasteiger partial charge in [0.25, 0.3) is 0 Å². The predicted molar refractivity (Wildman–Crippen MR) is 74.6 cm³/mol. The van der Waals surface area contributed by atoms with E-state index in [0.717, 1.165) is 5.56 Å². The Balaban J connectivity index is 2.13. The van der Waals surface area contributed by atoms with E-state index < -0.39 is 0 Å². The topological polar surface area (TPSA) is 74.4 Å². The molecule has 0 aliphatic rings. The Labute approximate surface area is 117 Å². The molecule has 0 saturated carbocycles. The summed E-state index contributed by atoms with van der Waals surface area (Å²) in [5, 5.41) is 0. The molecule has 0 spiro atoms. The minimum absolute atomic E-state index is 0.348. The molecule has 0 bridgehead atoms. The average molecular weight is 272 g/mol. The van der Waals surface area contributed by atoms with Gasteiger partial charge in [-0.3, -0.25) is 0 Å². The van der Waals surface area contributed by atoms with Gasteiger partial charge < -0.3 is 15.2 Å². The van der Waals surface area contributed by atoms with Crippen LogP contribution < -0.4 is 10.5 Å². The lowest BCUT2D eigenvalue weighted by molar-refractivity contribution is 0.0526. The van der Waals surface area contributed by atoms with Crippen molar-refractivity contribution in [1.82, 2.24) is 4.98 Å². The summed E-state index contributed by atoms with van der Waals surface area (Å²) >= 11 is 0. The van der Waals surface area contributed by atoms with Crippen LogP contribution in [0.2, 0.25) is 0 Å². The first kappa shape index (κ1) is 14.0. The number of carbonyl (C=O) groups excluding carboxylic acids is 1. The number of rotatable bonds is 5. The fourth-order valence-corrected chi connectivity index (χ4v) is 1.66. The quantitative estimate of drug-likeness (QED) is 0.846. The maximum Gasteiger partial charge on any atom is 0.338 e. The molecular weight excluding hydrogens is 256 g/mol. The van der Waals surface area contributed by atoms with Gasteiger partial charge in [0.15, 0.2) is 0 Å². The number of aromatic nitrogens is 1. The van der Waals surface area contributed by atoms with Gasteiger partial charge in [-0.1, -0.05) is 6.07 Å². The van der Waals surface area contributed by atoms with E-state index in [0.29, 0.717) is 30.3 Å². The number of hydrogen-bond acceptors (Lipinski definition) is 5. The summed E-state index contributed by atoms with van der Waals surface area (Å²) in [5.41, 5.74) is 6.93. The third kappa shape index (κ3) is 3.33. The number of benzene rings is 1. The highest BCUT2D eigenvalue weighted by molar-refractivity contribution is 5.89. The fraction of sp³-hybridized carbons (Fsp3) is 0.200. The summed E-state index contributed by atoms with van der Waals surface area (Å²) in [7, 11) is 0. The lowest BCUT2D eigenvalue weighted by atomic mass is 10.2. The van der Waals surface area contributed by atoms with Gasteiger partial charge in [-0.25, -0.2) is 9.78 Å². The number of nitrogens with zero attached hydrogens (tertiary/aromatic N) is 1. The van der Waals surface area contributed by atoms with Gasteiger partial charge in [0.05, 0.1) is 12.2 Å². The summed E-state index contributed by atoms with van der Waals surface area (Å²) in [4.78, 5) is 15.7. The molecule has 0 saturated heterocycles. The van der Waals surface area contributed by atoms with Crippen molar-refractivity contribution in [3.8, 4) is 11.6 Å². The van der Waals surface area contributed by atoms with Crippen molar-refractivity contribution < 1.29 is 14.3 Å². The first-order chi connectivity index (χ1) is 9.74. The van der Waals surface area contributed by atoms with Crippen LogP contribution in [0.25, 0.3) is 0 Å². The fourth-order valence-electron chi connectivity index (χ4n) is 1.66. The Bertz CT molecular complexity index is 582. The second-order valence-electron chi connectivity index (χ2n) is 4.02. The average Bonchev–Trinajstić information content (AvgIpc) is 2.49. The molecule has 0 aliphatic heterocycles. The van der Waals surface area contributed by atoms with E-state index in [-0.39, 0.29) is 5.97 Å². The molecule has 0 unspecified atom stereocenters. The summed E-state index contributed by atoms with van der Waals surface area (Å²) in [6.45, 7) is 2.47. The van der Waals surface area contributed by atoms with E-state index in [1.165, 1.54) is 0 Å². The summed E-state index contributed by atoms with van der Waals surface area (Å²) < 4.78 is 10.6. The van der Waals surface area contributed by atoms with Gasteiger partial charge in [0, 0.05) is 18.3 Å². The predicted octanol–water partition coefficient (Wildman–Crippen LogP) is 2.51. The first-order valence-corrected chi connectivity index (χ1v) is 6.33. The highest BCUT2D eigenvalue weighted by Gasteiger charge is 2.08. The minimum atomic E-state index is -0.348. The van der Waals surface area contributed by atoms with Gasteiger partial charge in [0.2, 0.25) is 5.88 Å². The molecule has 0 fully saturated rings. The van der Waals surface area contributed by atoms with Gasteiger partial charge in [-0.2, -0.15) is 0 Å². The Morgan fingerprint density at radius 1 is 1.25 bits per heavy atom. The molecule has 2 aromatic rings. The maximum atomic E-state index is 11.5. The lowest BCUT2D eigenvalue weighted by Crippen LogP contribution is -2.04. The van der Waals surface area contributed by atoms with Crippen LogP contribution in [0.1, 0.15) is 22.8 Å². The molecule has 1 aromatic carbocycles. The number of pyridine rings is 1. The summed E-state index contributed by atoms with van der Waals surface area (Å²) in [6.07, 6.45) is 1.64. The molecule has 5 heteroatoms. The first-order valence-electron chi connectivity index (χ1n) is 6.33. The monoisotopic (exact) mass is 272 g/mol. The Morgan fingerprint density at radius 3 is 2.65 bits per heavy atom. The second-order valence-corrected chi connectivity index (χ2v) is 4.02. The summed E-state index contributed by atoms with van der Waals surface area (Å²) in [5.74, 6) is 0.713. The van der Waals surface area contributed by atoms with Crippen LogP contribution in [-0.2, 0) is 11.3 Å². The lowest BCUT2D eigenvalue weighted by Gasteiger charge is -2.08. The third-order valence-corrected chi connectivity index (χ3v) is 2.65. The van der Waals surface area contributed by atoms with E-state index in [1.54, 1.807) is 43.5 Å². The van der Waals surface area contributed by atoms with Crippen molar-refractivity contribution in [1.29, 1.82) is 0 Å². The highest BCUT2D eigenvalue weighted by atomic mass is 16.5. The van der Waals surface area contributed by atoms with Crippen LogP contribution in [-0.4, -0.2) is 17.6 Å². The molecule has 0 aliphatic carbocycles. The van der Waals surface area contributed by atoms with E-state index in [4.69, 9.17) is 15.2 Å². The van der Waals surface area contributed by atoms with Gasteiger partial charge in [-0.15, -0.1) is 0 Å². The minimum Gasteiger partial charge on any atom is -0.462 e. The van der Waals surface area contributed by atoms with Gasteiger partial charge in [0.1, 0.15) is 5.75 Å². The highest BCUT2D eigenvalue weighted by Crippen LogP contribution is 2.23. The Hall–Kier alpha value is -2.40. The largest absolute Gasteiger partial charge is 0.462 e. The summed E-state index contributed by atoms with van der Waals surface area (Å²) in [6, 6.07) is 10.4. The number of ether oxygens (including phenoxy) is 2. The van der Waals surface area contributed by atoms with E-state index >= 15 is 0 Å². The van der Waals surface area contributed by atoms with Crippen molar-refractivity contribution in [2.45, 2.75) is 13.5 Å². The molecule has 1 heterocycles. The number of carbonyl (C=O) groups is 1. The molecule has 5 nitrogen and oxygen atoms in total. The zero-order chi connectivity index (χ0) is 14.4. The normalized spacial score (nSPS) is 10.1. The SMILES string of the molecule is CCOC(=O)c1ccc(Oc2ncccc2CN)cc1. The van der Waals surface area contributed by atoms with Crippen molar-refractivity contribution in [3.05, 3.63) is 53.7 Å². The van der Waals surface area contributed by atoms with Crippen molar-refractivity contribution in [2.75, 3.05) is 6.61 Å². The molecule has 20 heavy (non-hydrogen) atoms. The zero-order valence-corrected chi connectivity index (χ0v) is 11.2. The molecule has 1 aromatic heterocycles. The molecule has 2 N–H and O–H groups in total. The van der Waals surface area contributed by atoms with Crippen molar-refractivity contribution >= 4 is 5.97 Å². The van der Waals surface area contributed by atoms with Crippen molar-refractivity contribution in [3.63, 3.8) is 0 Å². The smallest absolute Gasteiger partial charge is 0.338 e. The second kappa shape index (κ2) is 6.68. The van der Waals surface area contributed by atoms with Crippen LogP contribution in [0.15, 0.2) is 42.6 Å². The van der Waals surface area contributed by atoms with Crippen LogP contribution in [0, 0.1) is 0 Å². The van der Waals surface area contributed by atoms with Gasteiger partial charge >= 0.3 is 5.97 Å². The van der Waals surface area contributed by atoms with E-state index in [9.17, 15) is 4.79 Å².